The van der Waals surface area contributed by atoms with Crippen LogP contribution in [0, 0.1) is 5.92 Å². The molecule has 2 aliphatic rings. The molecule has 0 fully saturated rings. The van der Waals surface area contributed by atoms with Crippen LogP contribution in [0.1, 0.15) is 69.3 Å². The number of aldehydes is 2. The summed E-state index contributed by atoms with van der Waals surface area (Å²) in [6.07, 6.45) is 4.30. The minimum absolute atomic E-state index is 0.000900. The Morgan fingerprint density at radius 1 is 0.753 bits per heavy atom. The Bertz CT molecular complexity index is 3240. The number of rotatable bonds is 22. The van der Waals surface area contributed by atoms with Crippen LogP contribution in [0.2, 0.25) is 0 Å². The van der Waals surface area contributed by atoms with Crippen LogP contribution in [0.3, 0.4) is 0 Å². The van der Waals surface area contributed by atoms with E-state index in [0.29, 0.717) is 60.1 Å². The van der Waals surface area contributed by atoms with Gasteiger partial charge in [-0.3, -0.25) is 24.3 Å². The average molecular weight is 1100 g/mol. The van der Waals surface area contributed by atoms with Crippen LogP contribution in [0.25, 0.3) is 11.1 Å². The van der Waals surface area contributed by atoms with E-state index in [1.54, 1.807) is 44.5 Å². The number of methoxy groups -OCH3 is 3. The molecule has 424 valence electrons. The van der Waals surface area contributed by atoms with Crippen LogP contribution in [-0.2, 0) is 56.5 Å². The SMILES string of the molecule is CC(C)C(N)C(=O)N[C@@H](C)C=O.CNc1ccc(COC(=O)N(CC2Cc3ccccc3N2C)c2cc(OCc3cc(COc4cc5c(cc4OC)-c4ccccc4CC(NC=O)C=N5)cc(C(=O)OC)c3)c(OC)cc2C=O)cc1. The van der Waals surface area contributed by atoms with Gasteiger partial charge in [-0.2, -0.15) is 0 Å². The number of anilines is 3. The summed E-state index contributed by atoms with van der Waals surface area (Å²) in [5, 5.41) is 8.39. The smallest absolute Gasteiger partial charge is 0.414 e. The maximum absolute atomic E-state index is 14.3. The first-order valence-corrected chi connectivity index (χ1v) is 26.3. The maximum Gasteiger partial charge on any atom is 0.414 e. The van der Waals surface area contributed by atoms with E-state index < -0.39 is 24.1 Å². The van der Waals surface area contributed by atoms with Gasteiger partial charge in [-0.15, -0.1) is 0 Å². The summed E-state index contributed by atoms with van der Waals surface area (Å²) in [7, 11) is 8.14. The number of esters is 1. The van der Waals surface area contributed by atoms with Crippen molar-refractivity contribution in [2.75, 3.05) is 57.1 Å². The molecular formula is C62H69N7O12. The second kappa shape index (κ2) is 28.1. The summed E-state index contributed by atoms with van der Waals surface area (Å²) in [6, 6.07) is 34.1. The van der Waals surface area contributed by atoms with Crippen molar-refractivity contribution in [2.45, 2.75) is 77.6 Å². The first-order chi connectivity index (χ1) is 39.1. The lowest BCUT2D eigenvalue weighted by Crippen LogP contribution is -2.47. The van der Waals surface area contributed by atoms with Gasteiger partial charge in [0.2, 0.25) is 12.3 Å². The van der Waals surface area contributed by atoms with E-state index in [0.717, 1.165) is 39.2 Å². The number of carbonyl (C=O) groups excluding carboxylic acids is 6. The van der Waals surface area contributed by atoms with Crippen molar-refractivity contribution in [1.29, 1.82) is 0 Å². The van der Waals surface area contributed by atoms with Crippen LogP contribution >= 0.6 is 0 Å². The number of ether oxygens (including phenoxy) is 6. The summed E-state index contributed by atoms with van der Waals surface area (Å²) in [5.41, 5.74) is 14.8. The Kier molecular flexibility index (Phi) is 20.6. The lowest BCUT2D eigenvalue weighted by Gasteiger charge is -2.31. The lowest BCUT2D eigenvalue weighted by molar-refractivity contribution is -0.125. The number of hydrogen-bond donors (Lipinski definition) is 4. The molecule has 19 heteroatoms. The first kappa shape index (κ1) is 59.4. The van der Waals surface area contributed by atoms with Gasteiger partial charge in [-0.1, -0.05) is 68.4 Å². The second-order valence-corrected chi connectivity index (χ2v) is 19.8. The van der Waals surface area contributed by atoms with E-state index >= 15 is 0 Å². The van der Waals surface area contributed by atoms with E-state index in [1.807, 2.05) is 107 Å². The Balaban J connectivity index is 0.000000706. The zero-order chi connectivity index (χ0) is 58.2. The molecule has 6 aromatic rings. The van der Waals surface area contributed by atoms with E-state index in [-0.39, 0.29) is 78.6 Å². The normalized spacial score (nSPS) is 14.6. The van der Waals surface area contributed by atoms with Crippen LogP contribution < -0.4 is 50.4 Å². The Hall–Kier alpha value is -9.23. The van der Waals surface area contributed by atoms with Gasteiger partial charge in [0.1, 0.15) is 26.1 Å². The molecule has 3 amide bonds. The Morgan fingerprint density at radius 3 is 2.02 bits per heavy atom. The van der Waals surface area contributed by atoms with Gasteiger partial charge in [-0.05, 0) is 108 Å². The van der Waals surface area contributed by atoms with Gasteiger partial charge in [0.15, 0.2) is 29.3 Å². The standard InChI is InChI=1S/C54H53N5O10.C8H16N2O2/c1-55-41-16-14-34(15-17-41)30-69-54(63)59(28-43-22-38-11-7-9-13-47(38)58(43)2)48-26-52(49(64-3)23-40(48)29-60)68-32-36-18-35(19-39(20-36)53(62)66-5)31-67-51-25-46-45(24-50(51)65-4)44-12-8-6-10-37(44)21-42(27-56-46)57-33-61;1-5(2)7(9)8(12)10-6(3)4-11/h6-20,23-27,29,33,42-43,55H,21-22,28,30-32H2,1-5H3,(H,57,61);4-7H,9H2,1-3H3,(H,10,12)/t;6-,7?/m.0/s1. The molecule has 0 bridgehead atoms. The van der Waals surface area contributed by atoms with Crippen molar-refractivity contribution < 1.29 is 57.2 Å². The molecule has 8 rings (SSSR count). The molecule has 2 heterocycles. The molecule has 0 radical (unpaired) electrons. The van der Waals surface area contributed by atoms with Gasteiger partial charge < -0.3 is 59.8 Å². The van der Waals surface area contributed by atoms with Crippen molar-refractivity contribution in [2.24, 2.45) is 16.6 Å². The van der Waals surface area contributed by atoms with Gasteiger partial charge >= 0.3 is 12.1 Å². The molecule has 19 nitrogen and oxygen atoms in total. The monoisotopic (exact) mass is 1100 g/mol. The number of hydrogen-bond acceptors (Lipinski definition) is 16. The highest BCUT2D eigenvalue weighted by atomic mass is 16.6. The number of nitrogens with zero attached hydrogens (tertiary/aromatic N) is 3. The number of benzene rings is 6. The van der Waals surface area contributed by atoms with Crippen molar-refractivity contribution >= 4 is 65.9 Å². The molecule has 0 aliphatic carbocycles. The molecule has 5 N–H and O–H groups in total. The molecule has 3 unspecified atom stereocenters. The predicted octanol–water partition coefficient (Wildman–Crippen LogP) is 8.42. The highest BCUT2D eigenvalue weighted by molar-refractivity contribution is 5.97. The quantitative estimate of drug-likeness (QED) is 0.0369. The van der Waals surface area contributed by atoms with Gasteiger partial charge in [0, 0.05) is 61.5 Å². The number of likely N-dealkylation sites (N-methyl/N-ethyl adjacent to an activating group) is 1. The zero-order valence-electron chi connectivity index (χ0n) is 46.7. The molecule has 0 saturated heterocycles. The predicted molar refractivity (Wildman–Crippen MR) is 310 cm³/mol. The van der Waals surface area contributed by atoms with Crippen molar-refractivity contribution in [1.82, 2.24) is 10.6 Å². The van der Waals surface area contributed by atoms with Crippen molar-refractivity contribution in [3.63, 3.8) is 0 Å². The number of nitrogens with one attached hydrogen (secondary N) is 3. The summed E-state index contributed by atoms with van der Waals surface area (Å²) >= 11 is 0. The molecule has 0 spiro atoms. The molecule has 4 atom stereocenters. The molecular weight excluding hydrogens is 1030 g/mol. The molecule has 81 heavy (non-hydrogen) atoms. The summed E-state index contributed by atoms with van der Waals surface area (Å²) < 4.78 is 35.4. The minimum Gasteiger partial charge on any atom is -0.493 e. The summed E-state index contributed by atoms with van der Waals surface area (Å²) in [4.78, 5) is 81.2. The Morgan fingerprint density at radius 2 is 1.41 bits per heavy atom. The maximum atomic E-state index is 14.3. The minimum atomic E-state index is -0.649. The van der Waals surface area contributed by atoms with E-state index in [4.69, 9.17) is 39.1 Å². The number of aliphatic imine (C=N–C) groups is 1. The fourth-order valence-corrected chi connectivity index (χ4v) is 9.34. The molecule has 2 aliphatic heterocycles. The van der Waals surface area contributed by atoms with Crippen LogP contribution in [0.5, 0.6) is 23.0 Å². The van der Waals surface area contributed by atoms with E-state index in [1.165, 1.54) is 25.2 Å². The largest absolute Gasteiger partial charge is 0.493 e. The zero-order valence-corrected chi connectivity index (χ0v) is 46.7. The highest BCUT2D eigenvalue weighted by Gasteiger charge is 2.33. The third-order valence-corrected chi connectivity index (χ3v) is 13.9. The Labute approximate surface area is 471 Å². The highest BCUT2D eigenvalue weighted by Crippen LogP contribution is 2.43. The average Bonchev–Trinajstić information content (AvgIpc) is 3.85. The van der Waals surface area contributed by atoms with Crippen molar-refractivity contribution in [3.05, 3.63) is 154 Å². The summed E-state index contributed by atoms with van der Waals surface area (Å²) in [5.74, 6) is 0.615. The molecule has 0 aromatic heterocycles. The third kappa shape index (κ3) is 14.9. The molecule has 6 aromatic carbocycles. The fourth-order valence-electron chi connectivity index (χ4n) is 9.34. The van der Waals surface area contributed by atoms with E-state index in [9.17, 15) is 28.8 Å². The van der Waals surface area contributed by atoms with Gasteiger partial charge in [0.25, 0.3) is 0 Å². The number of fused-ring (bicyclic) bond motifs is 4. The molecule has 0 saturated carbocycles. The number of nitrogens with two attached hydrogens (primary N) is 1. The number of amides is 3. The lowest BCUT2D eigenvalue weighted by atomic mass is 9.93. The fraction of sp³-hybridized carbons (Fsp3) is 0.306. The van der Waals surface area contributed by atoms with Crippen LogP contribution in [0.4, 0.5) is 27.5 Å². The third-order valence-electron chi connectivity index (χ3n) is 13.9. The topological polar surface area (TPSA) is 239 Å². The van der Waals surface area contributed by atoms with Gasteiger partial charge in [-0.25, -0.2) is 9.59 Å². The second-order valence-electron chi connectivity index (χ2n) is 19.8. The van der Waals surface area contributed by atoms with E-state index in [2.05, 4.69) is 26.9 Å². The van der Waals surface area contributed by atoms with Crippen LogP contribution in [-0.4, -0.2) is 109 Å². The van der Waals surface area contributed by atoms with Crippen molar-refractivity contribution in [3.8, 4) is 34.1 Å². The number of carbonyl (C=O) groups is 6. The van der Waals surface area contributed by atoms with Crippen LogP contribution in [0.15, 0.2) is 120 Å². The first-order valence-electron chi connectivity index (χ1n) is 26.3. The summed E-state index contributed by atoms with van der Waals surface area (Å²) in [6.45, 7) is 5.46. The number of para-hydroxylation sites is 1. The van der Waals surface area contributed by atoms with Gasteiger partial charge in [0.05, 0.1) is 62.4 Å².